The van der Waals surface area contributed by atoms with Crippen molar-refractivity contribution in [3.63, 3.8) is 0 Å². The number of carbonyl (C=O) groups excluding carboxylic acids is 1. The number of amides is 1. The van der Waals surface area contributed by atoms with Gasteiger partial charge in [0.05, 0.1) is 26.6 Å². The average Bonchev–Trinajstić information content (AvgIpc) is 3.16. The highest BCUT2D eigenvalue weighted by Crippen LogP contribution is 2.23. The maximum absolute atomic E-state index is 12.8. The lowest BCUT2D eigenvalue weighted by Crippen LogP contribution is -2.16. The number of aromatic nitrogens is 1. The lowest BCUT2D eigenvalue weighted by Gasteiger charge is -2.08. The lowest BCUT2D eigenvalue weighted by atomic mass is 10.2. The predicted octanol–water partition coefficient (Wildman–Crippen LogP) is 4.09. The number of thiazole rings is 1. The maximum Gasteiger partial charge on any atom is 0.279 e. The highest BCUT2D eigenvalue weighted by atomic mass is 32.2. The Labute approximate surface area is 204 Å². The summed E-state index contributed by atoms with van der Waals surface area (Å²) in [6, 6.07) is 16.6. The Morgan fingerprint density at radius 3 is 2.46 bits per heavy atom. The number of rotatable bonds is 6. The number of anilines is 1. The van der Waals surface area contributed by atoms with Gasteiger partial charge in [0.1, 0.15) is 0 Å². The number of aryl methyl sites for hydroxylation is 1. The van der Waals surface area contributed by atoms with Gasteiger partial charge in [-0.25, -0.2) is 8.42 Å². The normalized spacial score (nSPS) is 11.8. The molecular weight excluding hydrogens is 488 g/mol. The Hall–Kier alpha value is -4.27. The van der Waals surface area contributed by atoms with E-state index in [4.69, 9.17) is 6.42 Å². The summed E-state index contributed by atoms with van der Waals surface area (Å²) in [5, 5.41) is 11.1. The molecule has 0 saturated heterocycles. The van der Waals surface area contributed by atoms with E-state index in [1.54, 1.807) is 22.8 Å². The Kier molecular flexibility index (Phi) is 6.50. The van der Waals surface area contributed by atoms with Crippen LogP contribution in [0.4, 0.5) is 11.4 Å². The second-order valence-electron chi connectivity index (χ2n) is 7.50. The van der Waals surface area contributed by atoms with Crippen LogP contribution in [0.1, 0.15) is 15.9 Å². The van der Waals surface area contributed by atoms with E-state index in [2.05, 4.69) is 15.6 Å². The molecule has 1 N–H and O–H groups in total. The molecule has 35 heavy (non-hydrogen) atoms. The van der Waals surface area contributed by atoms with E-state index in [1.807, 2.05) is 6.92 Å². The van der Waals surface area contributed by atoms with E-state index in [9.17, 15) is 23.3 Å². The van der Waals surface area contributed by atoms with Crippen LogP contribution in [-0.2, 0) is 16.6 Å². The fourth-order valence-corrected chi connectivity index (χ4v) is 5.39. The van der Waals surface area contributed by atoms with E-state index in [-0.39, 0.29) is 22.7 Å². The van der Waals surface area contributed by atoms with Crippen LogP contribution >= 0.6 is 11.3 Å². The third kappa shape index (κ3) is 5.13. The summed E-state index contributed by atoms with van der Waals surface area (Å²) in [5.41, 5.74) is 2.02. The van der Waals surface area contributed by atoms with Crippen molar-refractivity contribution in [2.45, 2.75) is 18.4 Å². The monoisotopic (exact) mass is 506 g/mol. The molecule has 0 unspecified atom stereocenters. The van der Waals surface area contributed by atoms with E-state index in [0.29, 0.717) is 20.7 Å². The Morgan fingerprint density at radius 2 is 1.83 bits per heavy atom. The molecule has 9 nitrogen and oxygen atoms in total. The number of hydrogen-bond donors (Lipinski definition) is 1. The van der Waals surface area contributed by atoms with Crippen LogP contribution < -0.4 is 9.52 Å². The number of fused-ring (bicyclic) bond motifs is 1. The van der Waals surface area contributed by atoms with Crippen LogP contribution in [0.5, 0.6) is 0 Å². The molecule has 4 rings (SSSR count). The molecule has 3 aromatic carbocycles. The van der Waals surface area contributed by atoms with E-state index >= 15 is 0 Å². The van der Waals surface area contributed by atoms with Crippen molar-refractivity contribution in [2.75, 3.05) is 4.72 Å². The highest BCUT2D eigenvalue weighted by molar-refractivity contribution is 7.92. The van der Waals surface area contributed by atoms with Gasteiger partial charge in [-0.3, -0.25) is 19.6 Å². The van der Waals surface area contributed by atoms with Gasteiger partial charge in [-0.15, -0.1) is 6.42 Å². The molecule has 4 aromatic rings. The number of terminal acetylenes is 1. The van der Waals surface area contributed by atoms with Crippen molar-refractivity contribution in [2.24, 2.45) is 4.99 Å². The summed E-state index contributed by atoms with van der Waals surface area (Å²) in [6.45, 7) is 1.99. The van der Waals surface area contributed by atoms with E-state index in [0.717, 1.165) is 16.9 Å². The van der Waals surface area contributed by atoms with Crippen molar-refractivity contribution in [1.29, 1.82) is 0 Å². The number of non-ortho nitro benzene ring substituents is 1. The fraction of sp³-hybridized carbons (Fsp3) is 0.0833. The summed E-state index contributed by atoms with van der Waals surface area (Å²) in [7, 11) is -3.77. The van der Waals surface area contributed by atoms with E-state index < -0.39 is 20.9 Å². The van der Waals surface area contributed by atoms with Crippen molar-refractivity contribution >= 4 is 48.9 Å². The molecule has 1 heterocycles. The van der Waals surface area contributed by atoms with Gasteiger partial charge < -0.3 is 4.57 Å². The van der Waals surface area contributed by atoms with Gasteiger partial charge in [0, 0.05) is 23.4 Å². The van der Waals surface area contributed by atoms with Crippen LogP contribution in [0.15, 0.2) is 76.6 Å². The molecule has 0 fully saturated rings. The Balaban J connectivity index is 1.62. The average molecular weight is 507 g/mol. The van der Waals surface area contributed by atoms with Crippen LogP contribution in [0.3, 0.4) is 0 Å². The number of nitrogens with one attached hydrogen (secondary N) is 1. The quantitative estimate of drug-likeness (QED) is 0.240. The standard InChI is InChI=1S/C24H18N4O5S2/c1-3-14-27-21-13-10-19(28(30)31)15-22(21)34-24(27)25-23(29)17-6-8-18(9-7-17)26-35(32,33)20-11-4-16(2)5-12-20/h1,4-13,15,26H,14H2,2H3. The van der Waals surface area contributed by atoms with Crippen LogP contribution in [0.2, 0.25) is 0 Å². The van der Waals surface area contributed by atoms with Gasteiger partial charge in [-0.05, 0) is 49.4 Å². The van der Waals surface area contributed by atoms with E-state index in [1.165, 1.54) is 48.5 Å². The molecule has 1 amide bonds. The smallest absolute Gasteiger partial charge is 0.279 e. The van der Waals surface area contributed by atoms with Crippen molar-refractivity contribution < 1.29 is 18.1 Å². The van der Waals surface area contributed by atoms with Crippen molar-refractivity contribution in [3.05, 3.63) is 92.8 Å². The fourth-order valence-electron chi connectivity index (χ4n) is 3.27. The minimum absolute atomic E-state index is 0.0758. The minimum Gasteiger partial charge on any atom is -0.305 e. The number of nitro benzene ring substituents is 1. The number of nitrogens with zero attached hydrogens (tertiary/aromatic N) is 3. The van der Waals surface area contributed by atoms with Crippen molar-refractivity contribution in [3.8, 4) is 12.3 Å². The molecule has 176 valence electrons. The lowest BCUT2D eigenvalue weighted by molar-refractivity contribution is -0.384. The number of sulfonamides is 1. The SMILES string of the molecule is C#CCn1c(=NC(=O)c2ccc(NS(=O)(=O)c3ccc(C)cc3)cc2)sc2cc([N+](=O)[O-])ccc21. The number of benzene rings is 3. The van der Waals surface area contributed by atoms with Crippen LogP contribution in [-0.4, -0.2) is 23.8 Å². The molecule has 0 spiro atoms. The second-order valence-corrected chi connectivity index (χ2v) is 10.2. The zero-order valence-corrected chi connectivity index (χ0v) is 20.0. The molecule has 0 aliphatic carbocycles. The summed E-state index contributed by atoms with van der Waals surface area (Å²) < 4.78 is 29.8. The van der Waals surface area contributed by atoms with Crippen LogP contribution in [0.25, 0.3) is 10.2 Å². The van der Waals surface area contributed by atoms with Gasteiger partial charge in [0.25, 0.3) is 21.6 Å². The van der Waals surface area contributed by atoms with Gasteiger partial charge in [0.2, 0.25) is 0 Å². The molecule has 0 bridgehead atoms. The molecule has 0 saturated carbocycles. The minimum atomic E-state index is -3.77. The number of nitro groups is 1. The number of carbonyl (C=O) groups is 1. The zero-order valence-electron chi connectivity index (χ0n) is 18.3. The second kappa shape index (κ2) is 9.54. The molecular formula is C24H18N4O5S2. The largest absolute Gasteiger partial charge is 0.305 e. The van der Waals surface area contributed by atoms with Gasteiger partial charge in [-0.2, -0.15) is 4.99 Å². The molecule has 0 atom stereocenters. The van der Waals surface area contributed by atoms with Gasteiger partial charge in [0.15, 0.2) is 4.80 Å². The number of hydrogen-bond acceptors (Lipinski definition) is 6. The molecule has 0 aliphatic rings. The molecule has 0 radical (unpaired) electrons. The Morgan fingerprint density at radius 1 is 1.14 bits per heavy atom. The summed E-state index contributed by atoms with van der Waals surface area (Å²) in [6.07, 6.45) is 5.46. The third-order valence-corrected chi connectivity index (χ3v) is 7.48. The van der Waals surface area contributed by atoms with Gasteiger partial charge in [-0.1, -0.05) is 35.0 Å². The molecule has 11 heteroatoms. The summed E-state index contributed by atoms with van der Waals surface area (Å²) in [4.78, 5) is 28.0. The third-order valence-electron chi connectivity index (χ3n) is 5.04. The van der Waals surface area contributed by atoms with Crippen LogP contribution in [0, 0.1) is 29.4 Å². The first-order valence-corrected chi connectivity index (χ1v) is 12.5. The Bertz CT molecular complexity index is 1660. The summed E-state index contributed by atoms with van der Waals surface area (Å²) in [5.74, 6) is 1.93. The van der Waals surface area contributed by atoms with Crippen molar-refractivity contribution in [1.82, 2.24) is 4.57 Å². The van der Waals surface area contributed by atoms with Gasteiger partial charge >= 0.3 is 0 Å². The predicted molar refractivity (Wildman–Crippen MR) is 134 cm³/mol. The summed E-state index contributed by atoms with van der Waals surface area (Å²) >= 11 is 1.11. The zero-order chi connectivity index (χ0) is 25.2. The topological polar surface area (TPSA) is 124 Å². The highest BCUT2D eigenvalue weighted by Gasteiger charge is 2.15. The maximum atomic E-state index is 12.8. The molecule has 1 aromatic heterocycles. The first-order chi connectivity index (χ1) is 16.7. The first kappa shape index (κ1) is 23.9. The molecule has 0 aliphatic heterocycles. The first-order valence-electron chi connectivity index (χ1n) is 10.2.